The fourth-order valence-corrected chi connectivity index (χ4v) is 12.8. The Morgan fingerprint density at radius 1 is 0.675 bits per heavy atom. The van der Waals surface area contributed by atoms with Crippen LogP contribution in [0, 0.1) is 11.8 Å². The molecular formula is C62H70N4O13S. The summed E-state index contributed by atoms with van der Waals surface area (Å²) in [5.41, 5.74) is 7.21. The first-order valence-corrected chi connectivity index (χ1v) is 29.0. The summed E-state index contributed by atoms with van der Waals surface area (Å²) in [4.78, 5) is 84.7. The molecule has 0 saturated heterocycles. The van der Waals surface area contributed by atoms with E-state index in [2.05, 4.69) is 16.7 Å². The number of Topliss-reactive ketones (excluding diaryl/α,β-unsaturated/α-hetero) is 2. The van der Waals surface area contributed by atoms with Crippen LogP contribution in [0.3, 0.4) is 0 Å². The molecule has 0 bridgehead atoms. The molecule has 4 heterocycles. The Labute approximate surface area is 467 Å². The number of unbranched alkanes of at least 4 members (excludes halogenated alkanes) is 1. The highest BCUT2D eigenvalue weighted by Crippen LogP contribution is 2.44. The van der Waals surface area contributed by atoms with Gasteiger partial charge >= 0.3 is 0 Å². The predicted octanol–water partition coefficient (Wildman–Crippen LogP) is 9.07. The van der Waals surface area contributed by atoms with E-state index in [1.165, 1.54) is 14.2 Å². The van der Waals surface area contributed by atoms with Gasteiger partial charge in [0.05, 0.1) is 33.4 Å². The topological polar surface area (TPSA) is 213 Å². The Balaban J connectivity index is 0.974. The van der Waals surface area contributed by atoms with Gasteiger partial charge in [0.2, 0.25) is 11.8 Å². The van der Waals surface area contributed by atoms with Gasteiger partial charge < -0.3 is 39.4 Å². The third-order valence-corrected chi connectivity index (χ3v) is 17.5. The first-order chi connectivity index (χ1) is 38.4. The molecule has 5 aromatic carbocycles. The molecule has 5 aromatic rings. The summed E-state index contributed by atoms with van der Waals surface area (Å²) >= 11 is 0. The van der Waals surface area contributed by atoms with E-state index in [4.69, 9.17) is 23.1 Å². The summed E-state index contributed by atoms with van der Waals surface area (Å²) in [7, 11) is -0.0632. The van der Waals surface area contributed by atoms with Crippen molar-refractivity contribution < 1.29 is 60.3 Å². The second-order valence-electron chi connectivity index (χ2n) is 21.6. The van der Waals surface area contributed by atoms with Crippen LogP contribution < -0.4 is 39.4 Å². The molecule has 18 heteroatoms. The van der Waals surface area contributed by atoms with Crippen molar-refractivity contribution in [2.45, 2.75) is 135 Å². The van der Waals surface area contributed by atoms with Crippen molar-refractivity contribution in [3.05, 3.63) is 136 Å². The van der Waals surface area contributed by atoms with E-state index in [-0.39, 0.29) is 90.8 Å². The molecule has 9 rings (SSSR count). The van der Waals surface area contributed by atoms with Crippen LogP contribution in [0.5, 0.6) is 23.0 Å². The van der Waals surface area contributed by atoms with E-state index in [1.54, 1.807) is 49.1 Å². The molecule has 0 aliphatic carbocycles. The Morgan fingerprint density at radius 2 is 1.25 bits per heavy atom. The summed E-state index contributed by atoms with van der Waals surface area (Å²) in [5.74, 6) is -1.15. The second-order valence-corrected chi connectivity index (χ2v) is 23.5. The lowest BCUT2D eigenvalue weighted by Crippen LogP contribution is -2.47. The normalized spacial score (nSPS) is 17.8. The second kappa shape index (κ2) is 24.4. The number of ether oxygens (including phenoxy) is 4. The molecule has 4 amide bonds. The van der Waals surface area contributed by atoms with Crippen LogP contribution in [0.2, 0.25) is 0 Å². The first-order valence-electron chi connectivity index (χ1n) is 27.5. The SMILES string of the molecule is CCC(=O)CCCCC(=O)N[C@H](C(=O)C[C@@H](C)C(=O)Nc1cc(COc2cc3c(cc2OC)C(=O)N2c4ccccc4C[C@H]2CC3)cc(COc2cc3c(cc2OC)C(=O)N2c4ccccc4C[C@H]2C(S(=O)(=O)OC)C3)c1)C(C)C. The largest absolute Gasteiger partial charge is 0.493 e. The summed E-state index contributed by atoms with van der Waals surface area (Å²) < 4.78 is 57.1. The number of amides is 4. The molecule has 1 unspecified atom stereocenters. The van der Waals surface area contributed by atoms with Gasteiger partial charge in [-0.05, 0) is 139 Å². The van der Waals surface area contributed by atoms with Crippen LogP contribution >= 0.6 is 0 Å². The van der Waals surface area contributed by atoms with Crippen molar-refractivity contribution in [3.63, 3.8) is 0 Å². The molecule has 5 atom stereocenters. The number of methoxy groups -OCH3 is 2. The average Bonchev–Trinajstić information content (AvgIpc) is 3.99. The van der Waals surface area contributed by atoms with Crippen LogP contribution in [0.4, 0.5) is 17.1 Å². The summed E-state index contributed by atoms with van der Waals surface area (Å²) in [5, 5.41) is 4.75. The minimum absolute atomic E-state index is 0.0128. The third-order valence-electron chi connectivity index (χ3n) is 15.9. The van der Waals surface area contributed by atoms with Crippen molar-refractivity contribution >= 4 is 62.4 Å². The van der Waals surface area contributed by atoms with Crippen LogP contribution in [0.25, 0.3) is 0 Å². The van der Waals surface area contributed by atoms with E-state index in [1.807, 2.05) is 73.3 Å². The molecule has 0 radical (unpaired) electrons. The molecule has 17 nitrogen and oxygen atoms in total. The number of carbonyl (C=O) groups is 6. The van der Waals surface area contributed by atoms with Crippen LogP contribution in [0.15, 0.2) is 91.0 Å². The Hall–Kier alpha value is -7.57. The number of anilines is 3. The van der Waals surface area contributed by atoms with Gasteiger partial charge in [-0.2, -0.15) is 8.42 Å². The van der Waals surface area contributed by atoms with Gasteiger partial charge in [-0.25, -0.2) is 0 Å². The molecule has 422 valence electrons. The Kier molecular flexibility index (Phi) is 17.4. The monoisotopic (exact) mass is 1110 g/mol. The lowest BCUT2D eigenvalue weighted by atomic mass is 9.92. The zero-order valence-electron chi connectivity index (χ0n) is 46.4. The number of rotatable bonds is 23. The predicted molar refractivity (Wildman–Crippen MR) is 302 cm³/mol. The smallest absolute Gasteiger partial charge is 0.272 e. The van der Waals surface area contributed by atoms with E-state index in [0.29, 0.717) is 83.7 Å². The van der Waals surface area contributed by atoms with Crippen molar-refractivity contribution in [2.24, 2.45) is 11.8 Å². The van der Waals surface area contributed by atoms with Gasteiger partial charge in [0.15, 0.2) is 28.8 Å². The van der Waals surface area contributed by atoms with Gasteiger partial charge in [0.25, 0.3) is 21.9 Å². The number of aryl methyl sites for hydroxylation is 1. The van der Waals surface area contributed by atoms with Gasteiger partial charge in [0.1, 0.15) is 24.2 Å². The number of benzene rings is 5. The van der Waals surface area contributed by atoms with Crippen molar-refractivity contribution in [3.8, 4) is 23.0 Å². The molecule has 80 heavy (non-hydrogen) atoms. The Bertz CT molecular complexity index is 3340. The highest BCUT2D eigenvalue weighted by atomic mass is 32.2. The minimum atomic E-state index is -4.15. The van der Waals surface area contributed by atoms with Gasteiger partial charge in [0, 0.05) is 65.8 Å². The molecule has 2 N–H and O–H groups in total. The zero-order chi connectivity index (χ0) is 57.0. The summed E-state index contributed by atoms with van der Waals surface area (Å²) in [6, 6.07) is 26.0. The fourth-order valence-electron chi connectivity index (χ4n) is 11.6. The Morgan fingerprint density at radius 3 is 1.86 bits per heavy atom. The highest BCUT2D eigenvalue weighted by Gasteiger charge is 2.48. The van der Waals surface area contributed by atoms with Crippen molar-refractivity contribution in [1.82, 2.24) is 5.32 Å². The summed E-state index contributed by atoms with van der Waals surface area (Å²) in [6.07, 6.45) is 4.44. The molecule has 0 saturated carbocycles. The molecular weight excluding hydrogens is 1040 g/mol. The number of nitrogens with zero attached hydrogens (tertiary/aromatic N) is 2. The van der Waals surface area contributed by atoms with Gasteiger partial charge in [-0.15, -0.1) is 0 Å². The first kappa shape index (κ1) is 57.1. The number of nitrogens with one attached hydrogen (secondary N) is 2. The maximum Gasteiger partial charge on any atom is 0.272 e. The quantitative estimate of drug-likeness (QED) is 0.0462. The van der Waals surface area contributed by atoms with E-state index < -0.39 is 39.3 Å². The lowest BCUT2D eigenvalue weighted by molar-refractivity contribution is -0.131. The number of carbonyl (C=O) groups excluding carboxylic acids is 6. The van der Waals surface area contributed by atoms with Gasteiger partial charge in [-0.3, -0.25) is 33.0 Å². The standard InChI is InChI=1S/C62H70N4O13S/c1-8-46(67)17-11-14-20-58(69)64-59(36(2)3)52(68)23-37(4)60(70)63-44-25-38(34-78-55-29-40-21-22-45-27-41-15-9-12-18-49(41)65(45)61(71)47(40)32-53(55)75-5)24-39(26-44)35-79-56-30-43-31-57(80(73,74)77-7)51-28-42-16-10-13-19-50(42)66(51)62(72)48(43)33-54(56)76-6/h9-10,12-13,15-16,18-19,24-26,29-30,32-33,36-37,45,51,57,59H,8,11,14,17,20-23,27-28,31,34-35H2,1-7H3,(H,63,70)(H,64,69)/t37-,45-,51+,57?,59+/m1/s1. The lowest BCUT2D eigenvalue weighted by Gasteiger charge is -2.28. The minimum Gasteiger partial charge on any atom is -0.493 e. The fraction of sp³-hybridized carbons (Fsp3) is 0.419. The van der Waals surface area contributed by atoms with Crippen LogP contribution in [-0.4, -0.2) is 88.3 Å². The third kappa shape index (κ3) is 12.1. The molecule has 0 fully saturated rings. The maximum atomic E-state index is 14.5. The van der Waals surface area contributed by atoms with E-state index >= 15 is 0 Å². The molecule has 0 aromatic heterocycles. The van der Waals surface area contributed by atoms with E-state index in [0.717, 1.165) is 42.3 Å². The number of ketones is 2. The number of hydrogen-bond acceptors (Lipinski definition) is 13. The number of fused-ring (bicyclic) bond motifs is 8. The van der Waals surface area contributed by atoms with E-state index in [9.17, 15) is 37.2 Å². The van der Waals surface area contributed by atoms with Crippen molar-refractivity contribution in [1.29, 1.82) is 0 Å². The zero-order valence-corrected chi connectivity index (χ0v) is 47.2. The highest BCUT2D eigenvalue weighted by molar-refractivity contribution is 7.87. The average molecular weight is 1110 g/mol. The van der Waals surface area contributed by atoms with Gasteiger partial charge in [-0.1, -0.05) is 64.1 Å². The molecule has 4 aliphatic rings. The van der Waals surface area contributed by atoms with Crippen molar-refractivity contribution in [2.75, 3.05) is 36.4 Å². The van der Waals surface area contributed by atoms with Crippen LogP contribution in [0.1, 0.15) is 127 Å². The molecule has 4 aliphatic heterocycles. The number of hydrogen-bond donors (Lipinski definition) is 2. The van der Waals surface area contributed by atoms with Crippen LogP contribution in [-0.2, 0) is 72.4 Å². The molecule has 0 spiro atoms. The maximum absolute atomic E-state index is 14.5. The number of para-hydroxylation sites is 2. The summed E-state index contributed by atoms with van der Waals surface area (Å²) in [6.45, 7) is 7.01.